The van der Waals surface area contributed by atoms with Crippen LogP contribution in [-0.4, -0.2) is 15.2 Å². The first kappa shape index (κ1) is 13.7. The summed E-state index contributed by atoms with van der Waals surface area (Å²) in [7, 11) is -1.03. The molecule has 0 bridgehead atoms. The van der Waals surface area contributed by atoms with Gasteiger partial charge in [-0.2, -0.15) is 0 Å². The van der Waals surface area contributed by atoms with E-state index in [0.29, 0.717) is 16.7 Å². The van der Waals surface area contributed by atoms with Crippen molar-refractivity contribution in [1.82, 2.24) is 0 Å². The monoisotopic (exact) mass is 303 g/mol. The number of hydrogen-bond acceptors (Lipinski definition) is 3. The van der Waals surface area contributed by atoms with Crippen molar-refractivity contribution in [3.63, 3.8) is 0 Å². The zero-order valence-electron chi connectivity index (χ0n) is 11.3. The highest BCUT2D eigenvalue weighted by molar-refractivity contribution is 8.01. The minimum Gasteiger partial charge on any atom is -0.398 e. The first-order valence-corrected chi connectivity index (χ1v) is 8.82. The van der Waals surface area contributed by atoms with Crippen LogP contribution in [-0.2, 0) is 17.2 Å². The Morgan fingerprint density at radius 1 is 1.30 bits per heavy atom. The molecule has 0 aromatic heterocycles. The largest absolute Gasteiger partial charge is 0.398 e. The number of hydrogen-bond donors (Lipinski definition) is 1. The molecule has 1 heterocycles. The highest BCUT2D eigenvalue weighted by Gasteiger charge is 2.24. The fourth-order valence-electron chi connectivity index (χ4n) is 2.48. The number of benzene rings is 2. The van der Waals surface area contributed by atoms with Crippen molar-refractivity contribution in [2.45, 2.75) is 28.4 Å². The average Bonchev–Trinajstić information content (AvgIpc) is 2.80. The Kier molecular flexibility index (Phi) is 3.85. The van der Waals surface area contributed by atoms with Crippen molar-refractivity contribution >= 4 is 28.2 Å². The van der Waals surface area contributed by atoms with Gasteiger partial charge in [0.25, 0.3) is 0 Å². The summed E-state index contributed by atoms with van der Waals surface area (Å²) in [6, 6.07) is 14.2. The molecule has 2 aromatic rings. The van der Waals surface area contributed by atoms with Crippen LogP contribution in [0.4, 0.5) is 5.69 Å². The van der Waals surface area contributed by atoms with Crippen LogP contribution >= 0.6 is 11.8 Å². The Bertz CT molecular complexity index is 644. The molecule has 0 amide bonds. The molecule has 2 aromatic carbocycles. The van der Waals surface area contributed by atoms with Crippen LogP contribution in [0.3, 0.4) is 0 Å². The van der Waals surface area contributed by atoms with Crippen molar-refractivity contribution < 1.29 is 4.21 Å². The van der Waals surface area contributed by atoms with Gasteiger partial charge in [-0.05, 0) is 42.7 Å². The second-order valence-electron chi connectivity index (χ2n) is 5.11. The molecule has 0 saturated carbocycles. The number of aryl methyl sites for hydroxylation is 1. The lowest BCUT2D eigenvalue weighted by Crippen LogP contribution is -2.14. The lowest BCUT2D eigenvalue weighted by molar-refractivity contribution is 0.681. The lowest BCUT2D eigenvalue weighted by atomic mass is 10.1. The summed E-state index contributed by atoms with van der Waals surface area (Å²) >= 11 is 1.83. The fourth-order valence-corrected chi connectivity index (χ4v) is 5.38. The van der Waals surface area contributed by atoms with Gasteiger partial charge in [0, 0.05) is 21.6 Å². The first-order valence-electron chi connectivity index (χ1n) is 6.62. The van der Waals surface area contributed by atoms with Crippen molar-refractivity contribution in [2.24, 2.45) is 0 Å². The maximum Gasteiger partial charge on any atom is 0.0617 e. The summed E-state index contributed by atoms with van der Waals surface area (Å²) < 4.78 is 12.5. The standard InChI is InChI=1S/C16H17NOS2/c1-11-6-7-16(14(17)8-11)20(18)10-13-9-12-4-2-3-5-15(12)19-13/h2-8,13H,9-10,17H2,1H3. The van der Waals surface area contributed by atoms with Crippen molar-refractivity contribution in [3.05, 3.63) is 53.6 Å². The Hall–Kier alpha value is -1.26. The van der Waals surface area contributed by atoms with E-state index >= 15 is 0 Å². The van der Waals surface area contributed by atoms with E-state index < -0.39 is 10.8 Å². The molecule has 0 saturated heterocycles. The van der Waals surface area contributed by atoms with Crippen molar-refractivity contribution in [1.29, 1.82) is 0 Å². The van der Waals surface area contributed by atoms with Gasteiger partial charge in [0.05, 0.1) is 15.7 Å². The van der Waals surface area contributed by atoms with Crippen LogP contribution in [0.2, 0.25) is 0 Å². The molecule has 1 aliphatic rings. The minimum absolute atomic E-state index is 0.383. The highest BCUT2D eigenvalue weighted by atomic mass is 32.2. The summed E-state index contributed by atoms with van der Waals surface area (Å²) in [6.45, 7) is 1.99. The molecule has 2 unspecified atom stereocenters. The van der Waals surface area contributed by atoms with Crippen LogP contribution in [0.5, 0.6) is 0 Å². The van der Waals surface area contributed by atoms with Gasteiger partial charge in [-0.15, -0.1) is 11.8 Å². The van der Waals surface area contributed by atoms with E-state index in [1.54, 1.807) is 0 Å². The maximum absolute atomic E-state index is 12.5. The third-order valence-electron chi connectivity index (χ3n) is 3.46. The van der Waals surface area contributed by atoms with E-state index in [0.717, 1.165) is 16.9 Å². The van der Waals surface area contributed by atoms with Crippen molar-refractivity contribution in [3.8, 4) is 0 Å². The third-order valence-corrected chi connectivity index (χ3v) is 6.56. The molecule has 0 spiro atoms. The van der Waals surface area contributed by atoms with Crippen LogP contribution in [0, 0.1) is 6.92 Å². The van der Waals surface area contributed by atoms with Gasteiger partial charge >= 0.3 is 0 Å². The van der Waals surface area contributed by atoms with E-state index in [4.69, 9.17) is 5.73 Å². The fraction of sp³-hybridized carbons (Fsp3) is 0.250. The Balaban J connectivity index is 1.72. The topological polar surface area (TPSA) is 43.1 Å². The normalized spacial score (nSPS) is 18.8. The van der Waals surface area contributed by atoms with Gasteiger partial charge in [0.15, 0.2) is 0 Å². The minimum atomic E-state index is -1.03. The summed E-state index contributed by atoms with van der Waals surface area (Å²) in [5.41, 5.74) is 9.10. The number of rotatable bonds is 3. The van der Waals surface area contributed by atoms with E-state index in [-0.39, 0.29) is 0 Å². The SMILES string of the molecule is Cc1ccc(S(=O)CC2Cc3ccccc3S2)c(N)c1. The van der Waals surface area contributed by atoms with E-state index in [9.17, 15) is 4.21 Å². The molecule has 4 heteroatoms. The number of nitrogen functional groups attached to an aromatic ring is 1. The predicted molar refractivity (Wildman–Crippen MR) is 86.7 cm³/mol. The summed E-state index contributed by atoms with van der Waals surface area (Å²) in [5.74, 6) is 0.659. The molecule has 0 aliphatic carbocycles. The molecule has 0 radical (unpaired) electrons. The summed E-state index contributed by atoms with van der Waals surface area (Å²) in [6.07, 6.45) is 0.998. The first-order chi connectivity index (χ1) is 9.63. The number of anilines is 1. The number of nitrogens with two attached hydrogens (primary N) is 1. The van der Waals surface area contributed by atoms with Crippen molar-refractivity contribution in [2.75, 3.05) is 11.5 Å². The quantitative estimate of drug-likeness (QED) is 0.884. The number of fused-ring (bicyclic) bond motifs is 1. The number of thioether (sulfide) groups is 1. The van der Waals surface area contributed by atoms with E-state index in [2.05, 4.69) is 24.3 Å². The molecular weight excluding hydrogens is 286 g/mol. The molecular formula is C16H17NOS2. The maximum atomic E-state index is 12.5. The van der Waals surface area contributed by atoms with Gasteiger partial charge < -0.3 is 5.73 Å². The van der Waals surface area contributed by atoms with Crippen LogP contribution in [0.1, 0.15) is 11.1 Å². The molecule has 2 N–H and O–H groups in total. The molecule has 1 aliphatic heterocycles. The van der Waals surface area contributed by atoms with E-state index in [1.807, 2.05) is 36.9 Å². The molecule has 3 rings (SSSR count). The van der Waals surface area contributed by atoms with Gasteiger partial charge in [-0.25, -0.2) is 0 Å². The predicted octanol–water partition coefficient (Wildman–Crippen LogP) is 3.40. The lowest BCUT2D eigenvalue weighted by Gasteiger charge is -2.10. The third kappa shape index (κ3) is 2.76. The average molecular weight is 303 g/mol. The highest BCUT2D eigenvalue weighted by Crippen LogP contribution is 2.37. The van der Waals surface area contributed by atoms with Crippen LogP contribution in [0.15, 0.2) is 52.3 Å². The summed E-state index contributed by atoms with van der Waals surface area (Å²) in [5, 5.41) is 0.383. The van der Waals surface area contributed by atoms with E-state index in [1.165, 1.54) is 10.5 Å². The molecule has 20 heavy (non-hydrogen) atoms. The van der Waals surface area contributed by atoms with Gasteiger partial charge in [-0.1, -0.05) is 24.3 Å². The Morgan fingerprint density at radius 2 is 2.10 bits per heavy atom. The molecule has 0 fully saturated rings. The summed E-state index contributed by atoms with van der Waals surface area (Å²) in [4.78, 5) is 2.10. The van der Waals surface area contributed by atoms with Crippen LogP contribution in [0.25, 0.3) is 0 Å². The zero-order chi connectivity index (χ0) is 14.1. The molecule has 2 nitrogen and oxygen atoms in total. The second kappa shape index (κ2) is 5.62. The zero-order valence-corrected chi connectivity index (χ0v) is 13.0. The smallest absolute Gasteiger partial charge is 0.0617 e. The van der Waals surface area contributed by atoms with Gasteiger partial charge in [-0.3, -0.25) is 4.21 Å². The molecule has 104 valence electrons. The Morgan fingerprint density at radius 3 is 2.85 bits per heavy atom. The second-order valence-corrected chi connectivity index (χ2v) is 7.91. The van der Waals surface area contributed by atoms with Crippen LogP contribution < -0.4 is 5.73 Å². The Labute approximate surface area is 126 Å². The van der Waals surface area contributed by atoms with Gasteiger partial charge in [0.1, 0.15) is 0 Å². The van der Waals surface area contributed by atoms with Gasteiger partial charge in [0.2, 0.25) is 0 Å². The molecule has 2 atom stereocenters.